The van der Waals surface area contributed by atoms with Crippen molar-refractivity contribution in [1.29, 1.82) is 0 Å². The number of aromatic amines is 1. The highest BCUT2D eigenvalue weighted by Gasteiger charge is 2.17. The number of rotatable bonds is 4. The molecule has 4 rings (SSSR count). The zero-order chi connectivity index (χ0) is 17.9. The predicted octanol–water partition coefficient (Wildman–Crippen LogP) is 5.11. The first kappa shape index (κ1) is 16.5. The molecule has 26 heavy (non-hydrogen) atoms. The highest BCUT2D eigenvalue weighted by Crippen LogP contribution is 2.29. The summed E-state index contributed by atoms with van der Waals surface area (Å²) in [6, 6.07) is 19.0. The molecule has 2 aromatic carbocycles. The van der Waals surface area contributed by atoms with Crippen LogP contribution in [0.25, 0.3) is 22.5 Å². The molecule has 0 radical (unpaired) electrons. The third-order valence-corrected chi connectivity index (χ3v) is 5.04. The molecule has 0 spiro atoms. The smallest absolute Gasteiger partial charge is 0.268 e. The van der Waals surface area contributed by atoms with E-state index in [9.17, 15) is 4.79 Å². The van der Waals surface area contributed by atoms with Crippen molar-refractivity contribution in [3.63, 3.8) is 0 Å². The summed E-state index contributed by atoms with van der Waals surface area (Å²) in [5, 5.41) is 12.1. The maximum atomic E-state index is 12.7. The molecule has 0 saturated carbocycles. The van der Waals surface area contributed by atoms with Crippen molar-refractivity contribution >= 4 is 34.8 Å². The zero-order valence-electron chi connectivity index (χ0n) is 13.4. The number of carbonyl (C=O) groups is 1. The SMILES string of the molecule is O=C(Nc1n[nH]c(-c2ccccc2Cl)n1)c1sccc1-c1ccccc1. The maximum absolute atomic E-state index is 12.7. The number of anilines is 1. The first-order valence-corrected chi connectivity index (χ1v) is 9.10. The van der Waals surface area contributed by atoms with Gasteiger partial charge in [-0.1, -0.05) is 54.1 Å². The van der Waals surface area contributed by atoms with Crippen molar-refractivity contribution in [2.75, 3.05) is 5.32 Å². The monoisotopic (exact) mass is 380 g/mol. The molecule has 5 nitrogen and oxygen atoms in total. The van der Waals surface area contributed by atoms with E-state index in [1.165, 1.54) is 11.3 Å². The van der Waals surface area contributed by atoms with Gasteiger partial charge in [-0.25, -0.2) is 0 Å². The average Bonchev–Trinajstić information content (AvgIpc) is 3.32. The minimum atomic E-state index is -0.247. The van der Waals surface area contributed by atoms with Gasteiger partial charge >= 0.3 is 0 Å². The molecular weight excluding hydrogens is 368 g/mol. The fourth-order valence-corrected chi connectivity index (χ4v) is 3.62. The fourth-order valence-electron chi connectivity index (χ4n) is 2.58. The van der Waals surface area contributed by atoms with Crippen LogP contribution in [0.2, 0.25) is 5.02 Å². The Labute approximate surface area is 158 Å². The third kappa shape index (κ3) is 3.24. The van der Waals surface area contributed by atoms with Gasteiger partial charge in [0.25, 0.3) is 5.91 Å². The van der Waals surface area contributed by atoms with Crippen LogP contribution >= 0.6 is 22.9 Å². The summed E-state index contributed by atoms with van der Waals surface area (Å²) in [6.45, 7) is 0. The Bertz CT molecular complexity index is 1060. The van der Waals surface area contributed by atoms with Crippen LogP contribution in [0.15, 0.2) is 66.0 Å². The largest absolute Gasteiger partial charge is 0.288 e. The van der Waals surface area contributed by atoms with Crippen LogP contribution in [-0.2, 0) is 0 Å². The van der Waals surface area contributed by atoms with Crippen molar-refractivity contribution in [2.45, 2.75) is 0 Å². The molecule has 0 atom stereocenters. The lowest BCUT2D eigenvalue weighted by molar-refractivity contribution is 0.103. The molecule has 4 aromatic rings. The minimum absolute atomic E-state index is 0.206. The van der Waals surface area contributed by atoms with Gasteiger partial charge in [-0.05, 0) is 29.1 Å². The number of nitrogens with zero attached hydrogens (tertiary/aromatic N) is 2. The van der Waals surface area contributed by atoms with Crippen molar-refractivity contribution < 1.29 is 4.79 Å². The van der Waals surface area contributed by atoms with Gasteiger partial charge in [0.1, 0.15) is 4.88 Å². The standard InChI is InChI=1S/C19H13ClN4OS/c20-15-9-5-4-8-14(15)17-21-19(24-23-17)22-18(25)16-13(10-11-26-16)12-6-2-1-3-7-12/h1-11H,(H2,21,22,23,24,25). The van der Waals surface area contributed by atoms with Crippen LogP contribution in [-0.4, -0.2) is 21.1 Å². The molecular formula is C19H13ClN4OS. The molecule has 2 heterocycles. The summed E-state index contributed by atoms with van der Waals surface area (Å²) in [5.74, 6) is 0.459. The van der Waals surface area contributed by atoms with Gasteiger partial charge in [-0.15, -0.1) is 16.4 Å². The molecule has 7 heteroatoms. The van der Waals surface area contributed by atoms with Crippen LogP contribution < -0.4 is 5.32 Å². The number of halogens is 1. The molecule has 0 aliphatic carbocycles. The van der Waals surface area contributed by atoms with Gasteiger partial charge in [-0.2, -0.15) is 4.98 Å². The molecule has 0 aliphatic rings. The summed E-state index contributed by atoms with van der Waals surface area (Å²) >= 11 is 7.55. The predicted molar refractivity (Wildman–Crippen MR) is 105 cm³/mol. The van der Waals surface area contributed by atoms with Crippen LogP contribution in [0.3, 0.4) is 0 Å². The second-order valence-corrected chi connectivity index (χ2v) is 6.79. The number of thiophene rings is 1. The Balaban J connectivity index is 1.57. The van der Waals surface area contributed by atoms with Gasteiger partial charge < -0.3 is 0 Å². The summed E-state index contributed by atoms with van der Waals surface area (Å²) in [7, 11) is 0. The Morgan fingerprint density at radius 2 is 1.77 bits per heavy atom. The fraction of sp³-hybridized carbons (Fsp3) is 0. The number of carbonyl (C=O) groups excluding carboxylic acids is 1. The van der Waals surface area contributed by atoms with Gasteiger partial charge in [0.2, 0.25) is 5.95 Å². The summed E-state index contributed by atoms with van der Waals surface area (Å²) in [5.41, 5.74) is 2.60. The summed E-state index contributed by atoms with van der Waals surface area (Å²) in [4.78, 5) is 17.6. The van der Waals surface area contributed by atoms with E-state index in [1.54, 1.807) is 6.07 Å². The lowest BCUT2D eigenvalue weighted by Crippen LogP contribution is -2.12. The molecule has 2 N–H and O–H groups in total. The second kappa shape index (κ2) is 7.11. The first-order chi connectivity index (χ1) is 12.7. The number of nitrogens with one attached hydrogen (secondary N) is 2. The van der Waals surface area contributed by atoms with E-state index in [1.807, 2.05) is 60.0 Å². The number of hydrogen-bond donors (Lipinski definition) is 2. The quantitative estimate of drug-likeness (QED) is 0.517. The number of H-pyrrole nitrogens is 1. The Morgan fingerprint density at radius 1 is 1.00 bits per heavy atom. The summed E-state index contributed by atoms with van der Waals surface area (Å²) < 4.78 is 0. The average molecular weight is 381 g/mol. The number of hydrogen-bond acceptors (Lipinski definition) is 4. The van der Waals surface area contributed by atoms with E-state index in [0.717, 1.165) is 16.7 Å². The topological polar surface area (TPSA) is 70.7 Å². The van der Waals surface area contributed by atoms with Crippen molar-refractivity contribution in [2.24, 2.45) is 0 Å². The Hall–Kier alpha value is -2.96. The lowest BCUT2D eigenvalue weighted by atomic mass is 10.1. The van der Waals surface area contributed by atoms with Crippen molar-refractivity contribution in [1.82, 2.24) is 15.2 Å². The Kier molecular flexibility index (Phi) is 4.51. The third-order valence-electron chi connectivity index (χ3n) is 3.80. The van der Waals surface area contributed by atoms with Crippen molar-refractivity contribution in [3.05, 3.63) is 75.9 Å². The molecule has 1 amide bonds. The molecule has 0 fully saturated rings. The van der Waals surface area contributed by atoms with E-state index in [0.29, 0.717) is 15.7 Å². The molecule has 0 bridgehead atoms. The van der Waals surface area contributed by atoms with E-state index in [2.05, 4.69) is 20.5 Å². The highest BCUT2D eigenvalue weighted by molar-refractivity contribution is 7.12. The normalized spacial score (nSPS) is 10.7. The number of aromatic nitrogens is 3. The number of amides is 1. The van der Waals surface area contributed by atoms with Gasteiger partial charge in [0.15, 0.2) is 5.82 Å². The minimum Gasteiger partial charge on any atom is -0.288 e. The van der Waals surface area contributed by atoms with Gasteiger partial charge in [0.05, 0.1) is 5.02 Å². The van der Waals surface area contributed by atoms with Crippen LogP contribution in [0.5, 0.6) is 0 Å². The van der Waals surface area contributed by atoms with Gasteiger partial charge in [0, 0.05) is 11.1 Å². The van der Waals surface area contributed by atoms with Gasteiger partial charge in [-0.3, -0.25) is 15.2 Å². The molecule has 0 unspecified atom stereocenters. The van der Waals surface area contributed by atoms with E-state index < -0.39 is 0 Å². The summed E-state index contributed by atoms with van der Waals surface area (Å²) in [6.07, 6.45) is 0. The molecule has 0 aliphatic heterocycles. The van der Waals surface area contributed by atoms with Crippen molar-refractivity contribution in [3.8, 4) is 22.5 Å². The second-order valence-electron chi connectivity index (χ2n) is 5.47. The maximum Gasteiger partial charge on any atom is 0.268 e. The molecule has 128 valence electrons. The van der Waals surface area contributed by atoms with Crippen LogP contribution in [0.1, 0.15) is 9.67 Å². The Morgan fingerprint density at radius 3 is 2.58 bits per heavy atom. The zero-order valence-corrected chi connectivity index (χ0v) is 15.0. The van der Waals surface area contributed by atoms with E-state index >= 15 is 0 Å². The van der Waals surface area contributed by atoms with E-state index in [4.69, 9.17) is 11.6 Å². The van der Waals surface area contributed by atoms with Crippen LogP contribution in [0, 0.1) is 0 Å². The molecule has 0 saturated heterocycles. The first-order valence-electron chi connectivity index (χ1n) is 7.84. The van der Waals surface area contributed by atoms with E-state index in [-0.39, 0.29) is 11.9 Å². The number of benzene rings is 2. The highest BCUT2D eigenvalue weighted by atomic mass is 35.5. The van der Waals surface area contributed by atoms with Crippen LogP contribution in [0.4, 0.5) is 5.95 Å². The lowest BCUT2D eigenvalue weighted by Gasteiger charge is -2.03. The molecule has 2 aromatic heterocycles.